The molecule has 0 amide bonds. The van der Waals surface area contributed by atoms with Crippen LogP contribution >= 0.6 is 11.6 Å². The van der Waals surface area contributed by atoms with Gasteiger partial charge in [-0.25, -0.2) is 13.4 Å². The molecular weight excluding hydrogens is 298 g/mol. The molecule has 3 rings (SSSR count). The van der Waals surface area contributed by atoms with Crippen molar-refractivity contribution in [2.75, 3.05) is 13.6 Å². The van der Waals surface area contributed by atoms with E-state index >= 15 is 0 Å². The predicted molar refractivity (Wildman–Crippen MR) is 77.3 cm³/mol. The van der Waals surface area contributed by atoms with Crippen LogP contribution in [0.2, 0.25) is 5.15 Å². The summed E-state index contributed by atoms with van der Waals surface area (Å²) in [6, 6.07) is 5.28. The lowest BCUT2D eigenvalue weighted by Crippen LogP contribution is -2.30. The average molecular weight is 314 g/mol. The second-order valence-electron chi connectivity index (χ2n) is 5.40. The summed E-state index contributed by atoms with van der Waals surface area (Å²) in [5.41, 5.74) is 0.532. The number of fused-ring (bicyclic) bond motifs is 1. The third kappa shape index (κ3) is 2.21. The lowest BCUT2D eigenvalue weighted by molar-refractivity contribution is 0.442. The molecule has 20 heavy (non-hydrogen) atoms. The van der Waals surface area contributed by atoms with Crippen LogP contribution in [0.5, 0.6) is 0 Å². The number of aromatic nitrogens is 2. The average Bonchev–Trinajstić information content (AvgIpc) is 2.96. The Kier molecular flexibility index (Phi) is 3.27. The molecule has 0 spiro atoms. The molecule has 2 aromatic heterocycles. The molecule has 2 aromatic rings. The molecule has 7 heteroatoms. The van der Waals surface area contributed by atoms with E-state index in [4.69, 9.17) is 11.6 Å². The minimum absolute atomic E-state index is 0.0203. The molecule has 1 aliphatic carbocycles. The first-order chi connectivity index (χ1) is 9.41. The van der Waals surface area contributed by atoms with Gasteiger partial charge in [-0.05, 0) is 30.4 Å². The first-order valence-electron chi connectivity index (χ1n) is 6.50. The smallest absolute Gasteiger partial charge is 0.262 e. The van der Waals surface area contributed by atoms with Gasteiger partial charge in [-0.1, -0.05) is 24.6 Å². The van der Waals surface area contributed by atoms with Gasteiger partial charge in [-0.15, -0.1) is 0 Å². The third-order valence-electron chi connectivity index (χ3n) is 3.87. The van der Waals surface area contributed by atoms with E-state index in [9.17, 15) is 8.42 Å². The Balaban J connectivity index is 2.02. The number of nitrogens with zero attached hydrogens (tertiary/aromatic N) is 3. The number of halogens is 1. The summed E-state index contributed by atoms with van der Waals surface area (Å²) in [6.07, 6.45) is 2.75. The molecule has 2 atom stereocenters. The lowest BCUT2D eigenvalue weighted by atomic mass is 10.3. The largest absolute Gasteiger partial charge is 0.288 e. The number of sulfonamides is 1. The SMILES string of the molecule is CC1CC1CN(C)S(=O)(=O)c1c(Cl)nc2ccccn12. The minimum atomic E-state index is -3.63. The van der Waals surface area contributed by atoms with E-state index in [-0.39, 0.29) is 10.2 Å². The number of imidazole rings is 1. The van der Waals surface area contributed by atoms with Gasteiger partial charge in [0.05, 0.1) is 0 Å². The van der Waals surface area contributed by atoms with E-state index in [1.54, 1.807) is 31.4 Å². The number of rotatable bonds is 4. The molecule has 1 fully saturated rings. The van der Waals surface area contributed by atoms with E-state index in [0.717, 1.165) is 6.42 Å². The van der Waals surface area contributed by atoms with Gasteiger partial charge < -0.3 is 0 Å². The number of hydrogen-bond acceptors (Lipinski definition) is 3. The van der Waals surface area contributed by atoms with Gasteiger partial charge in [0.25, 0.3) is 10.0 Å². The van der Waals surface area contributed by atoms with Crippen LogP contribution in [0.3, 0.4) is 0 Å². The second kappa shape index (κ2) is 4.72. The molecule has 1 aliphatic rings. The lowest BCUT2D eigenvalue weighted by Gasteiger charge is -2.16. The normalized spacial score (nSPS) is 22.6. The Hall–Kier alpha value is -1.11. The number of pyridine rings is 1. The Bertz CT molecular complexity index is 756. The van der Waals surface area contributed by atoms with Crippen LogP contribution in [0.25, 0.3) is 5.65 Å². The summed E-state index contributed by atoms with van der Waals surface area (Å²) in [4.78, 5) is 4.09. The van der Waals surface area contributed by atoms with Crippen molar-refractivity contribution in [3.8, 4) is 0 Å². The molecule has 0 aromatic carbocycles. The van der Waals surface area contributed by atoms with Gasteiger partial charge in [-0.2, -0.15) is 4.31 Å². The molecule has 0 N–H and O–H groups in total. The Morgan fingerprint density at radius 1 is 1.50 bits per heavy atom. The van der Waals surface area contributed by atoms with Crippen molar-refractivity contribution in [3.05, 3.63) is 29.5 Å². The zero-order chi connectivity index (χ0) is 14.5. The first-order valence-corrected chi connectivity index (χ1v) is 8.32. The van der Waals surface area contributed by atoms with Crippen molar-refractivity contribution in [2.24, 2.45) is 11.8 Å². The monoisotopic (exact) mass is 313 g/mol. The molecule has 0 saturated heterocycles. The molecule has 2 heterocycles. The zero-order valence-electron chi connectivity index (χ0n) is 11.3. The van der Waals surface area contributed by atoms with Crippen molar-refractivity contribution in [3.63, 3.8) is 0 Å². The van der Waals surface area contributed by atoms with Crippen molar-refractivity contribution < 1.29 is 8.42 Å². The van der Waals surface area contributed by atoms with Crippen LogP contribution in [0.1, 0.15) is 13.3 Å². The van der Waals surface area contributed by atoms with Gasteiger partial charge in [-0.3, -0.25) is 4.40 Å². The Morgan fingerprint density at radius 2 is 2.20 bits per heavy atom. The maximum Gasteiger partial charge on any atom is 0.262 e. The minimum Gasteiger partial charge on any atom is -0.288 e. The fourth-order valence-corrected chi connectivity index (χ4v) is 4.22. The zero-order valence-corrected chi connectivity index (χ0v) is 12.9. The van der Waals surface area contributed by atoms with Crippen LogP contribution in [0, 0.1) is 11.8 Å². The second-order valence-corrected chi connectivity index (χ2v) is 7.71. The summed E-state index contributed by atoms with van der Waals surface area (Å²) < 4.78 is 28.3. The maximum atomic E-state index is 12.7. The fraction of sp³-hybridized carbons (Fsp3) is 0.462. The first kappa shape index (κ1) is 13.9. The predicted octanol–water partition coefficient (Wildman–Crippen LogP) is 2.26. The highest BCUT2D eigenvalue weighted by atomic mass is 35.5. The van der Waals surface area contributed by atoms with Crippen molar-refractivity contribution in [1.82, 2.24) is 13.7 Å². The molecule has 1 saturated carbocycles. The standard InChI is InChI=1S/C13H16ClN3O2S/c1-9-7-10(9)8-16(2)20(18,19)13-12(14)15-11-5-3-4-6-17(11)13/h3-6,9-10H,7-8H2,1-2H3. The van der Waals surface area contributed by atoms with Gasteiger partial charge in [0.1, 0.15) is 5.65 Å². The highest BCUT2D eigenvalue weighted by molar-refractivity contribution is 7.89. The highest BCUT2D eigenvalue weighted by Gasteiger charge is 2.37. The van der Waals surface area contributed by atoms with E-state index in [2.05, 4.69) is 11.9 Å². The van der Waals surface area contributed by atoms with Crippen LogP contribution in [-0.2, 0) is 10.0 Å². The third-order valence-corrected chi connectivity index (χ3v) is 6.09. The van der Waals surface area contributed by atoms with Gasteiger partial charge in [0, 0.05) is 19.8 Å². The quantitative estimate of drug-likeness (QED) is 0.870. The van der Waals surface area contributed by atoms with Crippen molar-refractivity contribution in [2.45, 2.75) is 18.4 Å². The van der Waals surface area contributed by atoms with Gasteiger partial charge >= 0.3 is 0 Å². The summed E-state index contributed by atoms with van der Waals surface area (Å²) in [7, 11) is -2.03. The molecule has 5 nitrogen and oxygen atoms in total. The summed E-state index contributed by atoms with van der Waals surface area (Å²) in [6.45, 7) is 2.66. The van der Waals surface area contributed by atoms with Crippen LogP contribution in [0.4, 0.5) is 0 Å². The Labute approximate surface area is 123 Å². The molecule has 2 unspecified atom stereocenters. The van der Waals surface area contributed by atoms with E-state index in [1.807, 2.05) is 0 Å². The molecule has 0 aliphatic heterocycles. The van der Waals surface area contributed by atoms with E-state index in [0.29, 0.717) is 24.0 Å². The van der Waals surface area contributed by atoms with Crippen molar-refractivity contribution >= 4 is 27.3 Å². The van der Waals surface area contributed by atoms with Gasteiger partial charge in [0.2, 0.25) is 0 Å². The van der Waals surface area contributed by atoms with Crippen molar-refractivity contribution in [1.29, 1.82) is 0 Å². The van der Waals surface area contributed by atoms with Crippen LogP contribution < -0.4 is 0 Å². The highest BCUT2D eigenvalue weighted by Crippen LogP contribution is 2.39. The molecule has 0 radical (unpaired) electrons. The summed E-state index contributed by atoms with van der Waals surface area (Å²) in [5, 5.41) is 0.0671. The number of hydrogen-bond donors (Lipinski definition) is 0. The summed E-state index contributed by atoms with van der Waals surface area (Å²) >= 11 is 6.04. The topological polar surface area (TPSA) is 54.7 Å². The molecule has 108 valence electrons. The maximum absolute atomic E-state index is 12.7. The van der Waals surface area contributed by atoms with E-state index < -0.39 is 10.0 Å². The van der Waals surface area contributed by atoms with Crippen LogP contribution in [0.15, 0.2) is 29.4 Å². The van der Waals surface area contributed by atoms with Crippen LogP contribution in [-0.4, -0.2) is 35.7 Å². The molecular formula is C13H16ClN3O2S. The molecule has 0 bridgehead atoms. The fourth-order valence-electron chi connectivity index (χ4n) is 2.40. The Morgan fingerprint density at radius 3 is 2.85 bits per heavy atom. The summed E-state index contributed by atoms with van der Waals surface area (Å²) in [5.74, 6) is 1.05. The van der Waals surface area contributed by atoms with E-state index in [1.165, 1.54) is 8.71 Å². The van der Waals surface area contributed by atoms with Gasteiger partial charge in [0.15, 0.2) is 10.2 Å².